The molecule has 0 amide bonds. The predicted molar refractivity (Wildman–Crippen MR) is 133 cm³/mol. The van der Waals surface area contributed by atoms with Crippen LogP contribution in [0.2, 0.25) is 0 Å². The smallest absolute Gasteiger partial charge is 0.350 e. The quantitative estimate of drug-likeness (QED) is 0.271. The number of aromatic hydroxyl groups is 2. The van der Waals surface area contributed by atoms with Crippen LogP contribution < -0.4 is 0 Å². The van der Waals surface area contributed by atoms with Crippen LogP contribution in [0.15, 0.2) is 18.2 Å². The lowest BCUT2D eigenvalue weighted by molar-refractivity contribution is -0.173. The summed E-state index contributed by atoms with van der Waals surface area (Å²) >= 11 is 0. The van der Waals surface area contributed by atoms with Gasteiger partial charge in [0, 0.05) is 30.7 Å². The molecule has 41 heavy (non-hydrogen) atoms. The third-order valence-electron chi connectivity index (χ3n) is 9.31. The van der Waals surface area contributed by atoms with Crippen molar-refractivity contribution in [3.8, 4) is 11.5 Å². The van der Waals surface area contributed by atoms with E-state index in [1.165, 1.54) is 26.2 Å². The van der Waals surface area contributed by atoms with E-state index in [-0.39, 0.29) is 44.5 Å². The van der Waals surface area contributed by atoms with E-state index >= 15 is 0 Å². The van der Waals surface area contributed by atoms with E-state index in [1.54, 1.807) is 6.92 Å². The first-order valence-corrected chi connectivity index (χ1v) is 12.7. The van der Waals surface area contributed by atoms with Gasteiger partial charge in [-0.1, -0.05) is 0 Å². The van der Waals surface area contributed by atoms with E-state index in [4.69, 9.17) is 18.9 Å². The number of Topliss-reactive ketones (excluding diaryl/α,β-unsaturated/α-hetero) is 1. The second-order valence-corrected chi connectivity index (χ2v) is 11.0. The highest BCUT2D eigenvalue weighted by atomic mass is 16.6. The maximum atomic E-state index is 14.6. The summed E-state index contributed by atoms with van der Waals surface area (Å²) in [5.41, 5.74) is -7.34. The summed E-state index contributed by atoms with van der Waals surface area (Å²) in [6.45, 7) is 3.55. The number of phenols is 2. The van der Waals surface area contributed by atoms with Gasteiger partial charge < -0.3 is 34.3 Å². The van der Waals surface area contributed by atoms with Crippen LogP contribution in [0.3, 0.4) is 0 Å². The number of hydrogen-bond acceptors (Lipinski definition) is 12. The molecule has 210 valence electrons. The topological polar surface area (TPSA) is 183 Å². The first-order chi connectivity index (χ1) is 19.3. The van der Waals surface area contributed by atoms with Crippen LogP contribution in [0.25, 0.3) is 5.57 Å². The Morgan fingerprint density at radius 1 is 0.927 bits per heavy atom. The van der Waals surface area contributed by atoms with Gasteiger partial charge in [-0.2, -0.15) is 0 Å². The number of carbonyl (C=O) groups excluding carboxylic acids is 5. The fourth-order valence-corrected chi connectivity index (χ4v) is 8.08. The Morgan fingerprint density at radius 2 is 1.59 bits per heavy atom. The van der Waals surface area contributed by atoms with Crippen LogP contribution in [0.5, 0.6) is 11.5 Å². The molecule has 2 aromatic carbocycles. The molecule has 0 aromatic heterocycles. The van der Waals surface area contributed by atoms with Crippen molar-refractivity contribution in [2.45, 2.75) is 43.5 Å². The fourth-order valence-electron chi connectivity index (χ4n) is 8.08. The lowest BCUT2D eigenvalue weighted by Crippen LogP contribution is -2.65. The first kappa shape index (κ1) is 25.4. The van der Waals surface area contributed by atoms with E-state index in [1.807, 2.05) is 0 Å². The minimum absolute atomic E-state index is 0.00350. The Labute approximate surface area is 231 Å². The van der Waals surface area contributed by atoms with Crippen LogP contribution in [0.4, 0.5) is 0 Å². The van der Waals surface area contributed by atoms with Gasteiger partial charge in [0.05, 0.1) is 11.5 Å². The standard InChI is InChI=1S/C29H22O12/c1-9-5-14(32)18-20-15(9)22(33)21-23(40-11(3)30)27(20,8-39-25(18)35)28(37)7-12-16-17(26(36)41-24(12)34)13(31)6-10(2)19(16)29(21,28)38-4/h5-7,21,23,31-32,37H,8H2,1-4H3/t21-,23+,27?,28-,29?/m0/s1. The van der Waals surface area contributed by atoms with Crippen LogP contribution in [-0.2, 0) is 39.6 Å². The van der Waals surface area contributed by atoms with Crippen molar-refractivity contribution in [3.05, 3.63) is 62.7 Å². The zero-order valence-corrected chi connectivity index (χ0v) is 22.1. The highest BCUT2D eigenvalue weighted by Crippen LogP contribution is 2.72. The number of ketones is 1. The number of aryl methyl sites for hydroxylation is 2. The maximum absolute atomic E-state index is 14.6. The van der Waals surface area contributed by atoms with E-state index < -0.39 is 82.0 Å². The average Bonchev–Trinajstić information content (AvgIpc) is 3.01. The van der Waals surface area contributed by atoms with Gasteiger partial charge in [0.25, 0.3) is 0 Å². The van der Waals surface area contributed by atoms with Gasteiger partial charge in [-0.3, -0.25) is 9.59 Å². The molecule has 1 saturated carbocycles. The van der Waals surface area contributed by atoms with Gasteiger partial charge >= 0.3 is 23.9 Å². The van der Waals surface area contributed by atoms with Crippen molar-refractivity contribution in [3.63, 3.8) is 0 Å². The highest BCUT2D eigenvalue weighted by molar-refractivity contribution is 6.28. The number of methoxy groups -OCH3 is 1. The predicted octanol–water partition coefficient (Wildman–Crippen LogP) is 1.25. The molecule has 12 nitrogen and oxygen atoms in total. The molecular formula is C29H22O12. The molecule has 3 N–H and O–H groups in total. The molecular weight excluding hydrogens is 540 g/mol. The zero-order chi connectivity index (χ0) is 29.5. The number of phenolic OH excluding ortho intramolecular Hbond substituents is 2. The Kier molecular flexibility index (Phi) is 4.58. The summed E-state index contributed by atoms with van der Waals surface area (Å²) in [6.07, 6.45) is -0.470. The molecule has 0 radical (unpaired) electrons. The minimum atomic E-state index is -2.49. The van der Waals surface area contributed by atoms with Gasteiger partial charge in [0.1, 0.15) is 52.0 Å². The van der Waals surface area contributed by atoms with Crippen molar-refractivity contribution in [1.29, 1.82) is 0 Å². The molecule has 2 bridgehead atoms. The summed E-state index contributed by atoms with van der Waals surface area (Å²) in [5, 5.41) is 34.8. The minimum Gasteiger partial charge on any atom is -0.507 e. The molecule has 12 heteroatoms. The molecule has 1 fully saturated rings. The molecule has 1 spiro atoms. The van der Waals surface area contributed by atoms with E-state index in [2.05, 4.69) is 0 Å². The van der Waals surface area contributed by atoms with Gasteiger partial charge in [0.2, 0.25) is 0 Å². The van der Waals surface area contributed by atoms with Gasteiger partial charge in [-0.15, -0.1) is 0 Å². The molecule has 2 heterocycles. The van der Waals surface area contributed by atoms with Crippen molar-refractivity contribution in [1.82, 2.24) is 0 Å². The summed E-state index contributed by atoms with van der Waals surface area (Å²) in [4.78, 5) is 66.3. The van der Waals surface area contributed by atoms with Crippen LogP contribution in [0, 0.1) is 19.8 Å². The van der Waals surface area contributed by atoms with E-state index in [0.29, 0.717) is 0 Å². The maximum Gasteiger partial charge on any atom is 0.350 e. The first-order valence-electron chi connectivity index (χ1n) is 12.7. The molecule has 7 rings (SSSR count). The molecule has 3 aliphatic carbocycles. The van der Waals surface area contributed by atoms with Crippen LogP contribution in [0.1, 0.15) is 65.8 Å². The van der Waals surface area contributed by atoms with E-state index in [0.717, 1.165) is 13.0 Å². The Hall–Kier alpha value is -4.55. The number of ether oxygens (including phenoxy) is 4. The molecule has 5 aliphatic rings. The Morgan fingerprint density at radius 3 is 2.24 bits per heavy atom. The highest BCUT2D eigenvalue weighted by Gasteiger charge is 2.85. The Bertz CT molecular complexity index is 1770. The number of cyclic esters (lactones) is 3. The van der Waals surface area contributed by atoms with Crippen LogP contribution >= 0.6 is 0 Å². The second-order valence-electron chi connectivity index (χ2n) is 11.0. The number of rotatable bonds is 2. The third kappa shape index (κ3) is 2.44. The van der Waals surface area contributed by atoms with Gasteiger partial charge in [0.15, 0.2) is 5.78 Å². The zero-order valence-electron chi connectivity index (χ0n) is 22.1. The Balaban J connectivity index is 1.74. The fraction of sp³-hybridized carbons (Fsp3) is 0.345. The number of aliphatic hydroxyl groups is 1. The van der Waals surface area contributed by atoms with Crippen molar-refractivity contribution < 1.29 is 58.2 Å². The number of benzene rings is 2. The monoisotopic (exact) mass is 562 g/mol. The lowest BCUT2D eigenvalue weighted by Gasteiger charge is -2.52. The molecule has 0 saturated heterocycles. The second kappa shape index (κ2) is 7.39. The van der Waals surface area contributed by atoms with Crippen molar-refractivity contribution in [2.24, 2.45) is 5.92 Å². The number of fused-ring (bicyclic) bond motifs is 4. The largest absolute Gasteiger partial charge is 0.507 e. The lowest BCUT2D eigenvalue weighted by atomic mass is 9.58. The summed E-state index contributed by atoms with van der Waals surface area (Å²) in [6, 6.07) is 2.45. The van der Waals surface area contributed by atoms with E-state index in [9.17, 15) is 39.3 Å². The summed E-state index contributed by atoms with van der Waals surface area (Å²) < 4.78 is 22.4. The molecule has 2 aliphatic heterocycles. The summed E-state index contributed by atoms with van der Waals surface area (Å²) in [7, 11) is 1.21. The van der Waals surface area contributed by atoms with Crippen LogP contribution in [-0.4, -0.2) is 70.4 Å². The number of esters is 4. The number of carbonyl (C=O) groups is 5. The van der Waals surface area contributed by atoms with Crippen molar-refractivity contribution in [2.75, 3.05) is 13.7 Å². The van der Waals surface area contributed by atoms with Crippen molar-refractivity contribution >= 4 is 35.2 Å². The average molecular weight is 562 g/mol. The summed E-state index contributed by atoms with van der Waals surface area (Å²) in [5.74, 6) is -7.27. The molecule has 2 unspecified atom stereocenters. The van der Waals surface area contributed by atoms with Gasteiger partial charge in [-0.05, 0) is 48.7 Å². The SMILES string of the molecule is COC12c3c(C)cc(O)c4c3C(=C[C@]1(O)C13COC(=O)c5c(O)cc(C)c(c51)C(=O)[C@H]2[C@H]3OC(C)=O)C(=O)OC4=O. The number of hydrogen-bond donors (Lipinski definition) is 3. The van der Waals surface area contributed by atoms with Gasteiger partial charge in [-0.25, -0.2) is 14.4 Å². The third-order valence-corrected chi connectivity index (χ3v) is 9.31. The molecule has 5 atom stereocenters. The normalized spacial score (nSPS) is 31.9. The molecule has 2 aromatic rings.